The van der Waals surface area contributed by atoms with E-state index in [9.17, 15) is 33.6 Å². The van der Waals surface area contributed by atoms with Crippen LogP contribution >= 0.6 is 0 Å². The third kappa shape index (κ3) is 42.8. The smallest absolute Gasteiger partial charge is 0.303 e. The van der Waals surface area contributed by atoms with Crippen molar-refractivity contribution in [2.24, 2.45) is 11.8 Å². The van der Waals surface area contributed by atoms with Crippen LogP contribution in [0.3, 0.4) is 0 Å². The Morgan fingerprint density at radius 2 is 0.907 bits per heavy atom. The minimum absolute atomic E-state index is 0.00222. The van der Waals surface area contributed by atoms with Gasteiger partial charge in [-0.2, -0.15) is 0 Å². The average Bonchev–Trinajstić information content (AvgIpc) is 2.89. The molecule has 0 aliphatic heterocycles. The third-order valence-electron chi connectivity index (χ3n) is 6.05. The summed E-state index contributed by atoms with van der Waals surface area (Å²) in [4.78, 5) is 72.4. The average molecular weight is 619 g/mol. The van der Waals surface area contributed by atoms with Gasteiger partial charge in [0.05, 0.1) is 6.42 Å². The van der Waals surface area contributed by atoms with Gasteiger partial charge in [-0.15, -0.1) is 0 Å². The molecule has 0 fully saturated rings. The Morgan fingerprint density at radius 3 is 1.37 bits per heavy atom. The highest BCUT2D eigenvalue weighted by Crippen LogP contribution is 2.15. The highest BCUT2D eigenvalue weighted by molar-refractivity contribution is 5.82. The molecule has 0 aromatic rings. The Morgan fingerprint density at radius 1 is 0.488 bits per heavy atom. The predicted molar refractivity (Wildman–Crippen MR) is 157 cm³/mol. The molecule has 13 heteroatoms. The zero-order valence-electron chi connectivity index (χ0n) is 25.6. The van der Waals surface area contributed by atoms with Crippen molar-refractivity contribution in [1.82, 2.24) is 0 Å². The van der Waals surface area contributed by atoms with Gasteiger partial charge in [-0.1, -0.05) is 38.3 Å². The summed E-state index contributed by atoms with van der Waals surface area (Å²) in [6.45, 7) is 5.66. The topological polar surface area (TPSA) is 241 Å². The molecule has 0 spiro atoms. The van der Waals surface area contributed by atoms with E-state index in [1.54, 1.807) is 6.92 Å². The molecule has 0 bridgehead atoms. The van der Waals surface area contributed by atoms with E-state index in [1.165, 1.54) is 0 Å². The standard InChI is InChI=1S/C10H16O5.C10H18O4.C10H16O4/c1-7(2-4-9(12)13)6-8(11)3-5-10(14)15;2*1-8(6-7-10(13)14)4-2-3-5-9(11)12/h7H,2-6H2,1H3,(H,12,13)(H,14,15);8H,2-7H2,1H3,(H,11,12)(H,13,14);4H,2-3,5-7H2,1H3,(H,11,12)(H,13,14)/b;;8-4+. The van der Waals surface area contributed by atoms with E-state index in [2.05, 4.69) is 0 Å². The lowest BCUT2D eigenvalue weighted by Gasteiger charge is -2.08. The van der Waals surface area contributed by atoms with Crippen LogP contribution in [0.2, 0.25) is 0 Å². The lowest BCUT2D eigenvalue weighted by Crippen LogP contribution is -2.09. The first-order valence-corrected chi connectivity index (χ1v) is 14.4. The van der Waals surface area contributed by atoms with Gasteiger partial charge < -0.3 is 30.6 Å². The lowest BCUT2D eigenvalue weighted by atomic mass is 9.97. The molecule has 0 rings (SSSR count). The number of carboxylic acids is 6. The number of unbranched alkanes of at least 4 members (excludes halogenated alkanes) is 2. The minimum Gasteiger partial charge on any atom is -0.481 e. The SMILES string of the molecule is C/C(=C\CCCC(=O)O)CCC(=O)O.CC(CCC(=O)O)CC(=O)CCC(=O)O.CC(CCCCC(=O)O)CCC(=O)O. The van der Waals surface area contributed by atoms with E-state index in [0.29, 0.717) is 44.4 Å². The number of ketones is 1. The molecule has 248 valence electrons. The second-order valence-corrected chi connectivity index (χ2v) is 10.6. The van der Waals surface area contributed by atoms with Crippen LogP contribution in [0.25, 0.3) is 0 Å². The number of carboxylic acid groups (broad SMARTS) is 6. The van der Waals surface area contributed by atoms with Crippen LogP contribution in [0.5, 0.6) is 0 Å². The predicted octanol–water partition coefficient (Wildman–Crippen LogP) is 5.50. The summed E-state index contributed by atoms with van der Waals surface area (Å²) < 4.78 is 0. The molecule has 0 radical (unpaired) electrons. The lowest BCUT2D eigenvalue weighted by molar-refractivity contribution is -0.139. The first kappa shape index (κ1) is 43.7. The van der Waals surface area contributed by atoms with Gasteiger partial charge in [0.2, 0.25) is 0 Å². The van der Waals surface area contributed by atoms with Crippen LogP contribution in [0.1, 0.15) is 124 Å². The first-order valence-electron chi connectivity index (χ1n) is 14.4. The molecule has 0 amide bonds. The summed E-state index contributed by atoms with van der Waals surface area (Å²) in [5.41, 5.74) is 1.01. The van der Waals surface area contributed by atoms with Crippen LogP contribution in [-0.4, -0.2) is 72.2 Å². The molecule has 43 heavy (non-hydrogen) atoms. The Balaban J connectivity index is -0.000000559. The molecule has 0 heterocycles. The fourth-order valence-corrected chi connectivity index (χ4v) is 3.50. The normalized spacial score (nSPS) is 11.9. The number of allylic oxidation sites excluding steroid dienone is 2. The van der Waals surface area contributed by atoms with Crippen molar-refractivity contribution >= 4 is 41.6 Å². The van der Waals surface area contributed by atoms with Gasteiger partial charge in [-0.25, -0.2) is 0 Å². The van der Waals surface area contributed by atoms with E-state index in [0.717, 1.165) is 18.4 Å². The van der Waals surface area contributed by atoms with Crippen molar-refractivity contribution in [3.8, 4) is 0 Å². The van der Waals surface area contributed by atoms with Gasteiger partial charge >= 0.3 is 35.8 Å². The summed E-state index contributed by atoms with van der Waals surface area (Å²) in [5, 5.41) is 50.3. The molecule has 0 aliphatic rings. The van der Waals surface area contributed by atoms with Gasteiger partial charge in [0.25, 0.3) is 0 Å². The number of carbonyl (C=O) groups is 7. The molecule has 6 N–H and O–H groups in total. The van der Waals surface area contributed by atoms with Crippen LogP contribution in [0, 0.1) is 11.8 Å². The number of rotatable bonds is 23. The van der Waals surface area contributed by atoms with Crippen molar-refractivity contribution < 1.29 is 64.2 Å². The second-order valence-electron chi connectivity index (χ2n) is 10.6. The number of hydrogen-bond donors (Lipinski definition) is 6. The van der Waals surface area contributed by atoms with Crippen molar-refractivity contribution in [1.29, 1.82) is 0 Å². The van der Waals surface area contributed by atoms with Gasteiger partial charge in [0.15, 0.2) is 0 Å². The van der Waals surface area contributed by atoms with E-state index in [1.807, 2.05) is 19.9 Å². The molecule has 2 unspecified atom stereocenters. The fourth-order valence-electron chi connectivity index (χ4n) is 3.50. The number of carbonyl (C=O) groups excluding carboxylic acids is 1. The summed E-state index contributed by atoms with van der Waals surface area (Å²) >= 11 is 0. The summed E-state index contributed by atoms with van der Waals surface area (Å²) in [5.74, 6) is -4.71. The number of aliphatic carboxylic acids is 6. The quantitative estimate of drug-likeness (QED) is 0.0613. The molecule has 0 saturated carbocycles. The molecule has 0 aliphatic carbocycles. The van der Waals surface area contributed by atoms with Gasteiger partial charge in [-0.05, 0) is 57.3 Å². The Bertz CT molecular complexity index is 892. The van der Waals surface area contributed by atoms with Crippen molar-refractivity contribution in [3.63, 3.8) is 0 Å². The largest absolute Gasteiger partial charge is 0.481 e. The van der Waals surface area contributed by atoms with E-state index in [4.69, 9.17) is 30.6 Å². The second kappa shape index (κ2) is 28.4. The van der Waals surface area contributed by atoms with Crippen molar-refractivity contribution in [2.75, 3.05) is 0 Å². The molecular formula is C30H50O13. The van der Waals surface area contributed by atoms with Crippen LogP contribution < -0.4 is 0 Å². The maximum absolute atomic E-state index is 11.2. The molecule has 0 aromatic carbocycles. The summed E-state index contributed by atoms with van der Waals surface area (Å²) in [7, 11) is 0. The molecular weight excluding hydrogens is 568 g/mol. The summed E-state index contributed by atoms with van der Waals surface area (Å²) in [6, 6.07) is 0. The Hall–Kier alpha value is -3.77. The highest BCUT2D eigenvalue weighted by atomic mass is 16.4. The van der Waals surface area contributed by atoms with Gasteiger partial charge in [0.1, 0.15) is 5.78 Å². The zero-order valence-corrected chi connectivity index (χ0v) is 25.6. The maximum Gasteiger partial charge on any atom is 0.303 e. The summed E-state index contributed by atoms with van der Waals surface area (Å²) in [6.07, 6.45) is 8.31. The van der Waals surface area contributed by atoms with Crippen molar-refractivity contribution in [2.45, 2.75) is 124 Å². The Kier molecular flexibility index (Phi) is 28.8. The van der Waals surface area contributed by atoms with Gasteiger partial charge in [-0.3, -0.25) is 33.6 Å². The fraction of sp³-hybridized carbons (Fsp3) is 0.700. The maximum atomic E-state index is 11.2. The monoisotopic (exact) mass is 618 g/mol. The molecule has 0 saturated heterocycles. The van der Waals surface area contributed by atoms with Crippen LogP contribution in [0.15, 0.2) is 11.6 Å². The third-order valence-corrected chi connectivity index (χ3v) is 6.05. The first-order chi connectivity index (χ1) is 20.0. The van der Waals surface area contributed by atoms with Crippen LogP contribution in [0.4, 0.5) is 0 Å². The number of hydrogen-bond acceptors (Lipinski definition) is 7. The van der Waals surface area contributed by atoms with E-state index in [-0.39, 0.29) is 63.1 Å². The Labute approximate surface area is 253 Å². The molecule has 2 atom stereocenters. The van der Waals surface area contributed by atoms with Gasteiger partial charge in [0, 0.05) is 44.9 Å². The minimum atomic E-state index is -0.985. The number of Topliss-reactive ketones (excluding diaryl/α,β-unsaturated/α-hetero) is 1. The van der Waals surface area contributed by atoms with E-state index < -0.39 is 35.8 Å². The molecule has 0 aromatic heterocycles. The molecule has 13 nitrogen and oxygen atoms in total. The highest BCUT2D eigenvalue weighted by Gasteiger charge is 2.12. The van der Waals surface area contributed by atoms with Crippen molar-refractivity contribution in [3.05, 3.63) is 11.6 Å². The van der Waals surface area contributed by atoms with Crippen LogP contribution in [-0.2, 0) is 33.6 Å². The van der Waals surface area contributed by atoms with E-state index >= 15 is 0 Å². The zero-order chi connectivity index (χ0) is 33.8.